The van der Waals surface area contributed by atoms with Crippen LogP contribution in [-0.2, 0) is 11.3 Å². The third kappa shape index (κ3) is 7.02. The van der Waals surface area contributed by atoms with Gasteiger partial charge >= 0.3 is 6.36 Å². The van der Waals surface area contributed by atoms with Gasteiger partial charge in [0.25, 0.3) is 5.91 Å². The Morgan fingerprint density at radius 3 is 2.53 bits per heavy atom. The summed E-state index contributed by atoms with van der Waals surface area (Å²) in [7, 11) is 0. The topological polar surface area (TPSA) is 71.5 Å². The van der Waals surface area contributed by atoms with Crippen LogP contribution in [0.1, 0.15) is 29.8 Å². The van der Waals surface area contributed by atoms with Gasteiger partial charge in [-0.25, -0.2) is 4.39 Å². The lowest BCUT2D eigenvalue weighted by Gasteiger charge is -2.25. The van der Waals surface area contributed by atoms with Crippen molar-refractivity contribution in [2.24, 2.45) is 5.92 Å². The fourth-order valence-corrected chi connectivity index (χ4v) is 2.61. The number of nitrogens with zero attached hydrogens (tertiary/aromatic N) is 2. The number of amides is 2. The minimum absolute atomic E-state index is 0.0387. The van der Waals surface area contributed by atoms with Gasteiger partial charge in [0, 0.05) is 37.9 Å². The number of carbonyl (C=O) groups is 2. The Balaban J connectivity index is 2.04. The second-order valence-corrected chi connectivity index (χ2v) is 6.72. The quantitative estimate of drug-likeness (QED) is 0.655. The molecular weight excluding hydrogens is 406 g/mol. The molecule has 0 spiro atoms. The number of aromatic nitrogens is 1. The van der Waals surface area contributed by atoms with E-state index in [2.05, 4.69) is 15.0 Å². The standard InChI is InChI=1S/C20H21F4N3O3/c1-13(2)19(29)27(9-8-26-18(28)15-4-3-7-25-11-15)12-14-5-6-17(16(21)10-14)30-20(22,23)24/h3-7,10-11,13H,8-9,12H2,1-2H3,(H,26,28). The third-order valence-electron chi connectivity index (χ3n) is 3.99. The minimum Gasteiger partial charge on any atom is -0.403 e. The summed E-state index contributed by atoms with van der Waals surface area (Å²) in [5.74, 6) is -3.11. The van der Waals surface area contributed by atoms with Crippen LogP contribution in [0.25, 0.3) is 0 Å². The molecule has 0 aliphatic heterocycles. The molecule has 2 amide bonds. The van der Waals surface area contributed by atoms with Crippen molar-refractivity contribution in [1.82, 2.24) is 15.2 Å². The average Bonchev–Trinajstić information content (AvgIpc) is 2.68. The van der Waals surface area contributed by atoms with Crippen molar-refractivity contribution < 1.29 is 31.9 Å². The highest BCUT2D eigenvalue weighted by molar-refractivity contribution is 5.93. The van der Waals surface area contributed by atoms with Gasteiger partial charge in [0.1, 0.15) is 0 Å². The zero-order valence-electron chi connectivity index (χ0n) is 16.4. The molecule has 1 aromatic heterocycles. The molecule has 0 saturated heterocycles. The van der Waals surface area contributed by atoms with Crippen LogP contribution in [0.3, 0.4) is 0 Å². The van der Waals surface area contributed by atoms with Crippen molar-refractivity contribution in [3.63, 3.8) is 0 Å². The molecule has 0 unspecified atom stereocenters. The maximum Gasteiger partial charge on any atom is 0.573 e. The number of hydrogen-bond acceptors (Lipinski definition) is 4. The number of ether oxygens (including phenoxy) is 1. The highest BCUT2D eigenvalue weighted by Crippen LogP contribution is 2.26. The lowest BCUT2D eigenvalue weighted by Crippen LogP contribution is -2.40. The predicted octanol–water partition coefficient (Wildman–Crippen LogP) is 3.53. The fourth-order valence-electron chi connectivity index (χ4n) is 2.61. The van der Waals surface area contributed by atoms with Crippen LogP contribution in [0.4, 0.5) is 17.6 Å². The molecule has 0 bridgehead atoms. The maximum absolute atomic E-state index is 13.9. The first-order chi connectivity index (χ1) is 14.1. The lowest BCUT2D eigenvalue weighted by atomic mass is 10.1. The summed E-state index contributed by atoms with van der Waals surface area (Å²) in [6.07, 6.45) is -2.07. The van der Waals surface area contributed by atoms with Gasteiger partial charge < -0.3 is 15.0 Å². The molecule has 0 saturated carbocycles. The summed E-state index contributed by atoms with van der Waals surface area (Å²) in [5.41, 5.74) is 0.649. The zero-order chi connectivity index (χ0) is 22.3. The molecule has 0 aliphatic rings. The third-order valence-corrected chi connectivity index (χ3v) is 3.99. The number of benzene rings is 1. The van der Waals surface area contributed by atoms with Gasteiger partial charge in [0.05, 0.1) is 5.56 Å². The van der Waals surface area contributed by atoms with E-state index in [1.54, 1.807) is 26.0 Å². The summed E-state index contributed by atoms with van der Waals surface area (Å²) in [6, 6.07) is 6.20. The highest BCUT2D eigenvalue weighted by Gasteiger charge is 2.32. The molecule has 30 heavy (non-hydrogen) atoms. The van der Waals surface area contributed by atoms with Gasteiger partial charge in [0.15, 0.2) is 11.6 Å². The SMILES string of the molecule is CC(C)C(=O)N(CCNC(=O)c1cccnc1)Cc1ccc(OC(F)(F)F)c(F)c1. The molecule has 10 heteroatoms. The lowest BCUT2D eigenvalue weighted by molar-refractivity contribution is -0.275. The molecule has 1 N–H and O–H groups in total. The minimum atomic E-state index is -5.01. The zero-order valence-corrected chi connectivity index (χ0v) is 16.4. The van der Waals surface area contributed by atoms with Crippen molar-refractivity contribution >= 4 is 11.8 Å². The van der Waals surface area contributed by atoms with Gasteiger partial charge in [-0.3, -0.25) is 14.6 Å². The van der Waals surface area contributed by atoms with Crippen LogP contribution in [0.2, 0.25) is 0 Å². The number of hydrogen-bond donors (Lipinski definition) is 1. The Morgan fingerprint density at radius 1 is 1.23 bits per heavy atom. The Bertz CT molecular complexity index is 873. The molecule has 6 nitrogen and oxygen atoms in total. The van der Waals surface area contributed by atoms with E-state index in [0.29, 0.717) is 5.56 Å². The van der Waals surface area contributed by atoms with E-state index in [4.69, 9.17) is 0 Å². The van der Waals surface area contributed by atoms with Crippen molar-refractivity contribution in [1.29, 1.82) is 0 Å². The Labute approximate surface area is 170 Å². The maximum atomic E-state index is 13.9. The monoisotopic (exact) mass is 427 g/mol. The summed E-state index contributed by atoms with van der Waals surface area (Å²) >= 11 is 0. The smallest absolute Gasteiger partial charge is 0.403 e. The molecular formula is C20H21F4N3O3. The molecule has 162 valence electrons. The van der Waals surface area contributed by atoms with E-state index < -0.39 is 17.9 Å². The van der Waals surface area contributed by atoms with E-state index in [-0.39, 0.29) is 42.9 Å². The molecule has 1 heterocycles. The van der Waals surface area contributed by atoms with Crippen LogP contribution < -0.4 is 10.1 Å². The van der Waals surface area contributed by atoms with Gasteiger partial charge in [-0.15, -0.1) is 13.2 Å². The number of rotatable bonds is 8. The molecule has 2 aromatic rings. The van der Waals surface area contributed by atoms with Crippen LogP contribution in [0.5, 0.6) is 5.75 Å². The van der Waals surface area contributed by atoms with E-state index in [1.165, 1.54) is 23.4 Å². The van der Waals surface area contributed by atoms with Crippen LogP contribution >= 0.6 is 0 Å². The summed E-state index contributed by atoms with van der Waals surface area (Å²) in [5, 5.41) is 2.66. The first-order valence-corrected chi connectivity index (χ1v) is 9.08. The van der Waals surface area contributed by atoms with E-state index in [9.17, 15) is 27.2 Å². The summed E-state index contributed by atoms with van der Waals surface area (Å²) in [4.78, 5) is 29.8. The van der Waals surface area contributed by atoms with Crippen molar-refractivity contribution in [2.45, 2.75) is 26.8 Å². The van der Waals surface area contributed by atoms with Crippen molar-refractivity contribution in [3.05, 3.63) is 59.7 Å². The van der Waals surface area contributed by atoms with Gasteiger partial charge in [-0.2, -0.15) is 0 Å². The van der Waals surface area contributed by atoms with E-state index in [0.717, 1.165) is 12.1 Å². The number of alkyl halides is 3. The van der Waals surface area contributed by atoms with Crippen LogP contribution in [-0.4, -0.2) is 41.2 Å². The summed E-state index contributed by atoms with van der Waals surface area (Å²) < 4.78 is 54.4. The fraction of sp³-hybridized carbons (Fsp3) is 0.350. The average molecular weight is 427 g/mol. The Morgan fingerprint density at radius 2 is 1.97 bits per heavy atom. The Hall–Kier alpha value is -3.17. The molecule has 1 aromatic carbocycles. The molecule has 0 aliphatic carbocycles. The van der Waals surface area contributed by atoms with Crippen LogP contribution in [0.15, 0.2) is 42.7 Å². The normalized spacial score (nSPS) is 11.3. The number of carbonyl (C=O) groups excluding carboxylic acids is 2. The van der Waals surface area contributed by atoms with Gasteiger partial charge in [-0.1, -0.05) is 19.9 Å². The second kappa shape index (κ2) is 10.0. The first kappa shape index (κ1) is 23.1. The first-order valence-electron chi connectivity index (χ1n) is 9.08. The van der Waals surface area contributed by atoms with Crippen molar-refractivity contribution in [3.8, 4) is 5.75 Å². The Kier molecular flexibility index (Phi) is 7.73. The molecule has 0 radical (unpaired) electrons. The number of pyridine rings is 1. The highest BCUT2D eigenvalue weighted by atomic mass is 19.4. The number of halogens is 4. The molecule has 0 atom stereocenters. The summed E-state index contributed by atoms with van der Waals surface area (Å²) in [6.45, 7) is 3.59. The van der Waals surface area contributed by atoms with E-state index in [1.807, 2.05) is 0 Å². The second-order valence-electron chi connectivity index (χ2n) is 6.72. The van der Waals surface area contributed by atoms with E-state index >= 15 is 0 Å². The van der Waals surface area contributed by atoms with Crippen molar-refractivity contribution in [2.75, 3.05) is 13.1 Å². The largest absolute Gasteiger partial charge is 0.573 e. The molecule has 2 rings (SSSR count). The van der Waals surface area contributed by atoms with Crippen LogP contribution in [0, 0.1) is 11.7 Å². The number of nitrogens with one attached hydrogen (secondary N) is 1. The van der Waals surface area contributed by atoms with Gasteiger partial charge in [0.2, 0.25) is 5.91 Å². The van der Waals surface area contributed by atoms with Gasteiger partial charge in [-0.05, 0) is 29.8 Å². The predicted molar refractivity (Wildman–Crippen MR) is 99.9 cm³/mol. The molecule has 0 fully saturated rings.